The van der Waals surface area contributed by atoms with E-state index in [1.54, 1.807) is 31.2 Å². The van der Waals surface area contributed by atoms with Crippen molar-refractivity contribution in [3.05, 3.63) is 53.5 Å². The van der Waals surface area contributed by atoms with Gasteiger partial charge in [0.15, 0.2) is 12.3 Å². The predicted molar refractivity (Wildman–Crippen MR) is 89.9 cm³/mol. The zero-order valence-corrected chi connectivity index (χ0v) is 14.2. The van der Waals surface area contributed by atoms with Crippen LogP contribution in [0.3, 0.4) is 0 Å². The van der Waals surface area contributed by atoms with Crippen molar-refractivity contribution in [2.75, 3.05) is 25.5 Å². The fraction of sp³-hybridized carbons (Fsp3) is 0.333. The van der Waals surface area contributed by atoms with E-state index < -0.39 is 0 Å². The molecule has 1 amide bonds. The van der Waals surface area contributed by atoms with E-state index in [0.717, 1.165) is 16.4 Å². The molecule has 1 aromatic heterocycles. The van der Waals surface area contributed by atoms with Gasteiger partial charge in [-0.05, 0) is 50.2 Å². The minimum Gasteiger partial charge on any atom is -0.462 e. The third-order valence-electron chi connectivity index (χ3n) is 3.41. The molecule has 0 aliphatic carbocycles. The smallest absolute Gasteiger partial charge is 0.338 e. The topological polar surface area (TPSA) is 73.0 Å². The summed E-state index contributed by atoms with van der Waals surface area (Å²) in [7, 11) is 1.93. The minimum atomic E-state index is -0.367. The summed E-state index contributed by atoms with van der Waals surface area (Å²) in [6.07, 6.45) is 0. The summed E-state index contributed by atoms with van der Waals surface area (Å²) >= 11 is 0. The van der Waals surface area contributed by atoms with Gasteiger partial charge in [0.1, 0.15) is 12.3 Å². The molecule has 128 valence electrons. The molecule has 1 unspecified atom stereocenters. The van der Waals surface area contributed by atoms with Crippen LogP contribution in [-0.2, 0) is 16.1 Å². The number of carbonyl (C=O) groups is 2. The molecule has 0 fully saturated rings. The van der Waals surface area contributed by atoms with Crippen molar-refractivity contribution < 1.29 is 23.6 Å². The molecular formula is C18H23N2O4+. The van der Waals surface area contributed by atoms with Gasteiger partial charge in [-0.2, -0.15) is 0 Å². The SMILES string of the molecule is CCOC(=O)c1ccc(NC(=O)C[NH+](C)Cc2ccc(C)o2)cc1. The molecule has 0 saturated carbocycles. The first-order valence-electron chi connectivity index (χ1n) is 7.91. The number of nitrogens with one attached hydrogen (secondary N) is 2. The molecule has 0 aliphatic rings. The first-order chi connectivity index (χ1) is 11.5. The summed E-state index contributed by atoms with van der Waals surface area (Å²) in [6, 6.07) is 10.5. The van der Waals surface area contributed by atoms with E-state index in [0.29, 0.717) is 30.9 Å². The van der Waals surface area contributed by atoms with E-state index in [4.69, 9.17) is 9.15 Å². The summed E-state index contributed by atoms with van der Waals surface area (Å²) < 4.78 is 10.4. The molecule has 0 bridgehead atoms. The second kappa shape index (κ2) is 8.31. The lowest BCUT2D eigenvalue weighted by molar-refractivity contribution is -0.886. The predicted octanol–water partition coefficient (Wildman–Crippen LogP) is 1.42. The van der Waals surface area contributed by atoms with E-state index in [1.165, 1.54) is 0 Å². The van der Waals surface area contributed by atoms with E-state index in [1.807, 2.05) is 26.1 Å². The van der Waals surface area contributed by atoms with Crippen LogP contribution in [0, 0.1) is 6.92 Å². The van der Waals surface area contributed by atoms with Crippen LogP contribution in [-0.4, -0.2) is 32.1 Å². The van der Waals surface area contributed by atoms with Crippen LogP contribution in [0.25, 0.3) is 0 Å². The number of anilines is 1. The number of aryl methyl sites for hydroxylation is 1. The largest absolute Gasteiger partial charge is 0.462 e. The van der Waals surface area contributed by atoms with Crippen molar-refractivity contribution in [2.45, 2.75) is 20.4 Å². The summed E-state index contributed by atoms with van der Waals surface area (Å²) in [5, 5.41) is 2.82. The first kappa shape index (κ1) is 17.7. The van der Waals surface area contributed by atoms with E-state index in [2.05, 4.69) is 5.32 Å². The monoisotopic (exact) mass is 331 g/mol. The highest BCUT2D eigenvalue weighted by Crippen LogP contribution is 2.10. The maximum absolute atomic E-state index is 12.1. The number of likely N-dealkylation sites (N-methyl/N-ethyl adjacent to an activating group) is 1. The molecule has 0 aliphatic heterocycles. The van der Waals surface area contributed by atoms with Crippen LogP contribution in [0.15, 0.2) is 40.8 Å². The Hall–Kier alpha value is -2.60. The van der Waals surface area contributed by atoms with Gasteiger partial charge in [0, 0.05) is 5.69 Å². The van der Waals surface area contributed by atoms with Crippen molar-refractivity contribution in [1.82, 2.24) is 0 Å². The third-order valence-corrected chi connectivity index (χ3v) is 3.41. The van der Waals surface area contributed by atoms with Crippen LogP contribution < -0.4 is 10.2 Å². The number of ether oxygens (including phenoxy) is 1. The molecule has 1 aromatic carbocycles. The average molecular weight is 331 g/mol. The summed E-state index contributed by atoms with van der Waals surface area (Å²) in [4.78, 5) is 24.7. The molecule has 2 N–H and O–H groups in total. The number of benzene rings is 1. The molecule has 2 aromatic rings. The molecule has 6 nitrogen and oxygen atoms in total. The number of amides is 1. The Balaban J connectivity index is 1.84. The standard InChI is InChI=1S/C18H22N2O4/c1-4-23-18(22)14-6-8-15(9-7-14)19-17(21)12-20(3)11-16-10-5-13(2)24-16/h5-10H,4,11-12H2,1-3H3,(H,19,21)/p+1. The number of esters is 1. The Bertz CT molecular complexity index is 691. The lowest BCUT2D eigenvalue weighted by Crippen LogP contribution is -3.08. The number of quaternary nitrogens is 1. The molecule has 1 heterocycles. The van der Waals surface area contributed by atoms with Crippen LogP contribution in [0.1, 0.15) is 28.8 Å². The molecular weight excluding hydrogens is 308 g/mol. The van der Waals surface area contributed by atoms with Gasteiger partial charge >= 0.3 is 5.97 Å². The highest BCUT2D eigenvalue weighted by molar-refractivity contribution is 5.93. The van der Waals surface area contributed by atoms with Crippen LogP contribution in [0.5, 0.6) is 0 Å². The van der Waals surface area contributed by atoms with Crippen molar-refractivity contribution in [3.63, 3.8) is 0 Å². The van der Waals surface area contributed by atoms with Gasteiger partial charge in [0.25, 0.3) is 5.91 Å². The van der Waals surface area contributed by atoms with Crippen molar-refractivity contribution in [3.8, 4) is 0 Å². The van der Waals surface area contributed by atoms with Crippen molar-refractivity contribution in [1.29, 1.82) is 0 Å². The van der Waals surface area contributed by atoms with E-state index in [9.17, 15) is 9.59 Å². The van der Waals surface area contributed by atoms with Gasteiger partial charge in [-0.1, -0.05) is 0 Å². The Morgan fingerprint density at radius 3 is 2.46 bits per heavy atom. The average Bonchev–Trinajstić information content (AvgIpc) is 2.92. The Morgan fingerprint density at radius 2 is 1.88 bits per heavy atom. The molecule has 0 radical (unpaired) electrons. The third kappa shape index (κ3) is 5.24. The van der Waals surface area contributed by atoms with Gasteiger partial charge in [-0.25, -0.2) is 4.79 Å². The number of rotatable bonds is 7. The first-order valence-corrected chi connectivity index (χ1v) is 7.91. The molecule has 0 saturated heterocycles. The highest BCUT2D eigenvalue weighted by atomic mass is 16.5. The highest BCUT2D eigenvalue weighted by Gasteiger charge is 2.13. The zero-order valence-electron chi connectivity index (χ0n) is 14.2. The number of hydrogen-bond donors (Lipinski definition) is 2. The van der Waals surface area contributed by atoms with E-state index >= 15 is 0 Å². The lowest BCUT2D eigenvalue weighted by Gasteiger charge is -2.12. The van der Waals surface area contributed by atoms with E-state index in [-0.39, 0.29) is 11.9 Å². The van der Waals surface area contributed by atoms with Gasteiger partial charge in [-0.15, -0.1) is 0 Å². The number of carbonyl (C=O) groups excluding carboxylic acids is 2. The second-order valence-electron chi connectivity index (χ2n) is 5.67. The molecule has 6 heteroatoms. The number of hydrogen-bond acceptors (Lipinski definition) is 4. The molecule has 0 spiro atoms. The number of furan rings is 1. The Morgan fingerprint density at radius 1 is 1.17 bits per heavy atom. The van der Waals surface area contributed by atoms with Crippen LogP contribution >= 0.6 is 0 Å². The normalized spacial score (nSPS) is 11.8. The maximum atomic E-state index is 12.1. The molecule has 2 rings (SSSR count). The minimum absolute atomic E-state index is 0.0975. The Kier molecular flexibility index (Phi) is 6.14. The van der Waals surface area contributed by atoms with Gasteiger partial charge in [-0.3, -0.25) is 4.79 Å². The van der Waals surface area contributed by atoms with Crippen molar-refractivity contribution in [2.24, 2.45) is 0 Å². The van der Waals surface area contributed by atoms with Gasteiger partial charge in [0.05, 0.1) is 19.2 Å². The maximum Gasteiger partial charge on any atom is 0.338 e. The second-order valence-corrected chi connectivity index (χ2v) is 5.67. The zero-order chi connectivity index (χ0) is 17.5. The van der Waals surface area contributed by atoms with Crippen molar-refractivity contribution >= 4 is 17.6 Å². The summed E-state index contributed by atoms with van der Waals surface area (Å²) in [6.45, 7) is 4.95. The van der Waals surface area contributed by atoms with Crippen LogP contribution in [0.2, 0.25) is 0 Å². The molecule has 1 atom stereocenters. The Labute approximate surface area is 141 Å². The summed E-state index contributed by atoms with van der Waals surface area (Å²) in [5.74, 6) is 1.26. The fourth-order valence-corrected chi connectivity index (χ4v) is 2.32. The van der Waals surface area contributed by atoms with Crippen LogP contribution in [0.4, 0.5) is 5.69 Å². The van der Waals surface area contributed by atoms with Gasteiger partial charge in [0.2, 0.25) is 0 Å². The summed E-state index contributed by atoms with van der Waals surface area (Å²) in [5.41, 5.74) is 1.11. The molecule has 24 heavy (non-hydrogen) atoms. The lowest BCUT2D eigenvalue weighted by atomic mass is 10.2. The quantitative estimate of drug-likeness (QED) is 0.753. The fourth-order valence-electron chi connectivity index (χ4n) is 2.32. The van der Waals surface area contributed by atoms with Gasteiger partial charge < -0.3 is 19.4 Å².